The molecule has 2 heterocycles. The molecule has 1 fully saturated rings. The van der Waals surface area contributed by atoms with E-state index in [1.165, 1.54) is 4.88 Å². The van der Waals surface area contributed by atoms with E-state index in [-0.39, 0.29) is 0 Å². The van der Waals surface area contributed by atoms with Crippen molar-refractivity contribution in [2.24, 2.45) is 0 Å². The van der Waals surface area contributed by atoms with Gasteiger partial charge in [-0.25, -0.2) is 10.4 Å². The van der Waals surface area contributed by atoms with Crippen LogP contribution in [-0.4, -0.2) is 31.3 Å². The van der Waals surface area contributed by atoms with Crippen molar-refractivity contribution in [1.82, 2.24) is 10.4 Å². The lowest BCUT2D eigenvalue weighted by atomic mass is 10.2. The van der Waals surface area contributed by atoms with Crippen LogP contribution in [0.2, 0.25) is 0 Å². The summed E-state index contributed by atoms with van der Waals surface area (Å²) in [6.45, 7) is 5.88. The van der Waals surface area contributed by atoms with Gasteiger partial charge in [0.1, 0.15) is 0 Å². The summed E-state index contributed by atoms with van der Waals surface area (Å²) < 4.78 is 5.33. The van der Waals surface area contributed by atoms with Gasteiger partial charge in [-0.2, -0.15) is 0 Å². The van der Waals surface area contributed by atoms with Crippen LogP contribution in [0.4, 0.5) is 0 Å². The number of hydrogen-bond acceptors (Lipinski definition) is 4. The standard InChI is InChI=1S/C11H18N2OS/c1-2-10(11-4-3-9-15-11)12-13-5-7-14-8-6-13/h3-4,9-10,12H,2,5-8H2,1H3. The van der Waals surface area contributed by atoms with Crippen molar-refractivity contribution in [3.63, 3.8) is 0 Å². The minimum absolute atomic E-state index is 0.461. The fourth-order valence-corrected chi connectivity index (χ4v) is 2.61. The zero-order chi connectivity index (χ0) is 10.5. The first kappa shape index (κ1) is 11.1. The SMILES string of the molecule is CCC(NN1CCOCC1)c1cccs1. The molecule has 1 aromatic rings. The summed E-state index contributed by atoms with van der Waals surface area (Å²) in [5.41, 5.74) is 3.57. The van der Waals surface area contributed by atoms with Gasteiger partial charge < -0.3 is 4.74 Å². The van der Waals surface area contributed by atoms with Crippen LogP contribution in [0, 0.1) is 0 Å². The van der Waals surface area contributed by atoms with Crippen LogP contribution in [0.5, 0.6) is 0 Å². The maximum atomic E-state index is 5.33. The fraction of sp³-hybridized carbons (Fsp3) is 0.636. The summed E-state index contributed by atoms with van der Waals surface area (Å²) in [7, 11) is 0. The molecule has 0 radical (unpaired) electrons. The molecule has 0 aliphatic carbocycles. The second kappa shape index (κ2) is 5.61. The third-order valence-electron chi connectivity index (χ3n) is 2.64. The predicted molar refractivity (Wildman–Crippen MR) is 62.9 cm³/mol. The second-order valence-electron chi connectivity index (χ2n) is 3.70. The molecule has 1 N–H and O–H groups in total. The van der Waals surface area contributed by atoms with E-state index in [1.807, 2.05) is 11.3 Å². The number of ether oxygens (including phenoxy) is 1. The van der Waals surface area contributed by atoms with E-state index >= 15 is 0 Å². The highest BCUT2D eigenvalue weighted by Crippen LogP contribution is 2.22. The van der Waals surface area contributed by atoms with Gasteiger partial charge in [-0.1, -0.05) is 13.0 Å². The van der Waals surface area contributed by atoms with Gasteiger partial charge in [-0.15, -0.1) is 11.3 Å². The van der Waals surface area contributed by atoms with Crippen molar-refractivity contribution in [3.8, 4) is 0 Å². The Morgan fingerprint density at radius 3 is 2.93 bits per heavy atom. The second-order valence-corrected chi connectivity index (χ2v) is 4.68. The van der Waals surface area contributed by atoms with Crippen molar-refractivity contribution >= 4 is 11.3 Å². The summed E-state index contributed by atoms with van der Waals surface area (Å²) in [5.74, 6) is 0. The zero-order valence-electron chi connectivity index (χ0n) is 9.11. The van der Waals surface area contributed by atoms with Crippen molar-refractivity contribution in [1.29, 1.82) is 0 Å². The molecule has 2 rings (SSSR count). The van der Waals surface area contributed by atoms with E-state index < -0.39 is 0 Å². The van der Waals surface area contributed by atoms with Gasteiger partial charge >= 0.3 is 0 Å². The van der Waals surface area contributed by atoms with Gasteiger partial charge in [0.2, 0.25) is 0 Å². The number of morpholine rings is 1. The number of nitrogens with one attached hydrogen (secondary N) is 1. The molecule has 0 amide bonds. The largest absolute Gasteiger partial charge is 0.379 e. The summed E-state index contributed by atoms with van der Waals surface area (Å²) in [6, 6.07) is 4.78. The monoisotopic (exact) mass is 226 g/mol. The first-order chi connectivity index (χ1) is 7.40. The molecule has 1 aromatic heterocycles. The Labute approximate surface area is 95.0 Å². The van der Waals surface area contributed by atoms with E-state index in [2.05, 4.69) is 34.9 Å². The first-order valence-electron chi connectivity index (χ1n) is 5.52. The zero-order valence-corrected chi connectivity index (χ0v) is 9.93. The topological polar surface area (TPSA) is 24.5 Å². The molecule has 1 aliphatic rings. The van der Waals surface area contributed by atoms with Crippen molar-refractivity contribution in [3.05, 3.63) is 22.4 Å². The van der Waals surface area contributed by atoms with Crippen LogP contribution in [-0.2, 0) is 4.74 Å². The molecule has 1 atom stereocenters. The summed E-state index contributed by atoms with van der Waals surface area (Å²) in [5, 5.41) is 4.41. The summed E-state index contributed by atoms with van der Waals surface area (Å²) in [4.78, 5) is 1.42. The number of rotatable bonds is 4. The Morgan fingerprint density at radius 1 is 1.53 bits per heavy atom. The van der Waals surface area contributed by atoms with Gasteiger partial charge in [0.15, 0.2) is 0 Å². The molecule has 1 aliphatic heterocycles. The lowest BCUT2D eigenvalue weighted by molar-refractivity contribution is 0.00329. The molecule has 0 saturated carbocycles. The highest BCUT2D eigenvalue weighted by Gasteiger charge is 2.16. The van der Waals surface area contributed by atoms with Crippen LogP contribution in [0.15, 0.2) is 17.5 Å². The third kappa shape index (κ3) is 3.01. The lowest BCUT2D eigenvalue weighted by Gasteiger charge is -2.31. The fourth-order valence-electron chi connectivity index (χ4n) is 1.76. The molecule has 3 nitrogen and oxygen atoms in total. The normalized spacial score (nSPS) is 20.3. The van der Waals surface area contributed by atoms with Crippen LogP contribution in [0.3, 0.4) is 0 Å². The number of thiophene rings is 1. The highest BCUT2D eigenvalue weighted by atomic mass is 32.1. The Morgan fingerprint density at radius 2 is 2.33 bits per heavy atom. The molecule has 0 aromatic carbocycles. The number of hydrazine groups is 1. The van der Waals surface area contributed by atoms with Crippen LogP contribution < -0.4 is 5.43 Å². The molecule has 1 unspecified atom stereocenters. The van der Waals surface area contributed by atoms with E-state index in [9.17, 15) is 0 Å². The smallest absolute Gasteiger partial charge is 0.0608 e. The van der Waals surface area contributed by atoms with Gasteiger partial charge in [0.05, 0.1) is 19.3 Å². The third-order valence-corrected chi connectivity index (χ3v) is 3.63. The number of hydrogen-bond donors (Lipinski definition) is 1. The molecule has 84 valence electrons. The van der Waals surface area contributed by atoms with Gasteiger partial charge in [-0.05, 0) is 17.9 Å². The summed E-state index contributed by atoms with van der Waals surface area (Å²) >= 11 is 1.82. The van der Waals surface area contributed by atoms with Crippen LogP contribution in [0.1, 0.15) is 24.3 Å². The van der Waals surface area contributed by atoms with Crippen molar-refractivity contribution in [2.75, 3.05) is 26.3 Å². The van der Waals surface area contributed by atoms with E-state index in [0.29, 0.717) is 6.04 Å². The first-order valence-corrected chi connectivity index (χ1v) is 6.40. The van der Waals surface area contributed by atoms with E-state index in [0.717, 1.165) is 32.7 Å². The molecular formula is C11H18N2OS. The van der Waals surface area contributed by atoms with Crippen LogP contribution >= 0.6 is 11.3 Å². The van der Waals surface area contributed by atoms with Crippen LogP contribution in [0.25, 0.3) is 0 Å². The van der Waals surface area contributed by atoms with Crippen molar-refractivity contribution in [2.45, 2.75) is 19.4 Å². The Hall–Kier alpha value is -0.420. The quantitative estimate of drug-likeness (QED) is 0.850. The number of nitrogens with zero attached hydrogens (tertiary/aromatic N) is 1. The molecule has 0 spiro atoms. The van der Waals surface area contributed by atoms with E-state index in [1.54, 1.807) is 0 Å². The predicted octanol–water partition coefficient (Wildman–Crippen LogP) is 2.04. The maximum absolute atomic E-state index is 5.33. The molecule has 0 bridgehead atoms. The van der Waals surface area contributed by atoms with Crippen molar-refractivity contribution < 1.29 is 4.74 Å². The van der Waals surface area contributed by atoms with Gasteiger partial charge in [-0.3, -0.25) is 0 Å². The molecular weight excluding hydrogens is 208 g/mol. The van der Waals surface area contributed by atoms with Gasteiger partial charge in [0, 0.05) is 18.0 Å². The highest BCUT2D eigenvalue weighted by molar-refractivity contribution is 7.10. The average molecular weight is 226 g/mol. The average Bonchev–Trinajstić information content (AvgIpc) is 2.81. The minimum atomic E-state index is 0.461. The van der Waals surface area contributed by atoms with Gasteiger partial charge in [0.25, 0.3) is 0 Å². The maximum Gasteiger partial charge on any atom is 0.0608 e. The Bertz CT molecular complexity index is 270. The Balaban J connectivity index is 1.90. The Kier molecular flexibility index (Phi) is 4.14. The molecule has 15 heavy (non-hydrogen) atoms. The summed E-state index contributed by atoms with van der Waals surface area (Å²) in [6.07, 6.45) is 1.12. The lowest BCUT2D eigenvalue weighted by Crippen LogP contribution is -2.46. The molecule has 4 heteroatoms. The van der Waals surface area contributed by atoms with E-state index in [4.69, 9.17) is 4.74 Å². The molecule has 1 saturated heterocycles. The minimum Gasteiger partial charge on any atom is -0.379 e.